The molecule has 0 spiro atoms. The van der Waals surface area contributed by atoms with Crippen molar-refractivity contribution in [2.75, 3.05) is 19.8 Å². The highest BCUT2D eigenvalue weighted by molar-refractivity contribution is 5.83. The van der Waals surface area contributed by atoms with E-state index >= 15 is 0 Å². The maximum atomic E-state index is 11.9. The van der Waals surface area contributed by atoms with Gasteiger partial charge in [0.05, 0.1) is 19.1 Å². The molecule has 5 nitrogen and oxygen atoms in total. The van der Waals surface area contributed by atoms with E-state index in [0.29, 0.717) is 26.2 Å². The van der Waals surface area contributed by atoms with Gasteiger partial charge in [0.15, 0.2) is 6.10 Å². The number of carbonyl (C=O) groups is 2. The van der Waals surface area contributed by atoms with Crippen molar-refractivity contribution in [1.29, 1.82) is 0 Å². The Morgan fingerprint density at radius 3 is 1.84 bits per heavy atom. The molecule has 19 heavy (non-hydrogen) atoms. The lowest BCUT2D eigenvalue weighted by Gasteiger charge is -2.23. The van der Waals surface area contributed by atoms with Crippen LogP contribution in [-0.4, -0.2) is 37.9 Å². The first-order valence-corrected chi connectivity index (χ1v) is 7.07. The fraction of sp³-hybridized carbons (Fsp3) is 0.857. The molecule has 0 saturated heterocycles. The molecule has 0 N–H and O–H groups in total. The van der Waals surface area contributed by atoms with E-state index < -0.39 is 24.0 Å². The zero-order chi connectivity index (χ0) is 14.7. The maximum absolute atomic E-state index is 11.9. The molecule has 0 aromatic rings. The van der Waals surface area contributed by atoms with Crippen molar-refractivity contribution < 1.29 is 23.8 Å². The average Bonchev–Trinajstić information content (AvgIpc) is 2.42. The summed E-state index contributed by atoms with van der Waals surface area (Å²) in [5.41, 5.74) is 0. The molecular formula is C14H26O5. The molecule has 0 amide bonds. The van der Waals surface area contributed by atoms with E-state index in [-0.39, 0.29) is 0 Å². The summed E-state index contributed by atoms with van der Waals surface area (Å²) in [4.78, 5) is 23.8. The summed E-state index contributed by atoms with van der Waals surface area (Å²) >= 11 is 0. The van der Waals surface area contributed by atoms with Gasteiger partial charge in [0.2, 0.25) is 0 Å². The minimum Gasteiger partial charge on any atom is -0.465 e. The van der Waals surface area contributed by atoms with E-state index in [2.05, 4.69) is 0 Å². The third-order valence-electron chi connectivity index (χ3n) is 2.58. The van der Waals surface area contributed by atoms with Crippen LogP contribution in [0.15, 0.2) is 0 Å². The number of hydrogen-bond donors (Lipinski definition) is 0. The smallest absolute Gasteiger partial charge is 0.336 e. The Hall–Kier alpha value is -1.10. The molecule has 0 radical (unpaired) electrons. The van der Waals surface area contributed by atoms with Crippen LogP contribution in [0, 0.1) is 5.92 Å². The number of carbonyl (C=O) groups excluding carboxylic acids is 2. The Bertz CT molecular complexity index is 265. The summed E-state index contributed by atoms with van der Waals surface area (Å²) in [6.45, 7) is 8.49. The van der Waals surface area contributed by atoms with Crippen LogP contribution in [0.25, 0.3) is 0 Å². The maximum Gasteiger partial charge on any atom is 0.336 e. The molecule has 0 aromatic heterocycles. The molecule has 2 unspecified atom stereocenters. The van der Waals surface area contributed by atoms with Crippen molar-refractivity contribution in [2.24, 2.45) is 5.92 Å². The van der Waals surface area contributed by atoms with Crippen molar-refractivity contribution in [3.8, 4) is 0 Å². The standard InChI is InChI=1S/C14H26O5/c1-5-9-18-13(15)11(7-3)12(17-8-4)14(16)19-10-6-2/h11-12H,5-10H2,1-4H3. The normalized spacial score (nSPS) is 13.7. The van der Waals surface area contributed by atoms with Crippen LogP contribution in [0.2, 0.25) is 0 Å². The second-order valence-electron chi connectivity index (χ2n) is 4.23. The first-order chi connectivity index (χ1) is 9.12. The average molecular weight is 274 g/mol. The molecule has 0 aromatic carbocycles. The van der Waals surface area contributed by atoms with Gasteiger partial charge in [-0.3, -0.25) is 4.79 Å². The second-order valence-corrected chi connectivity index (χ2v) is 4.23. The highest BCUT2D eigenvalue weighted by Crippen LogP contribution is 2.17. The van der Waals surface area contributed by atoms with Gasteiger partial charge in [0.25, 0.3) is 0 Å². The third-order valence-corrected chi connectivity index (χ3v) is 2.58. The van der Waals surface area contributed by atoms with Crippen molar-refractivity contribution >= 4 is 11.9 Å². The lowest BCUT2D eigenvalue weighted by molar-refractivity contribution is -0.171. The van der Waals surface area contributed by atoms with E-state index in [1.807, 2.05) is 20.8 Å². The number of esters is 2. The highest BCUT2D eigenvalue weighted by Gasteiger charge is 2.35. The quantitative estimate of drug-likeness (QED) is 0.572. The van der Waals surface area contributed by atoms with Gasteiger partial charge in [0.1, 0.15) is 0 Å². The summed E-state index contributed by atoms with van der Waals surface area (Å²) in [7, 11) is 0. The minimum absolute atomic E-state index is 0.336. The molecule has 112 valence electrons. The molecule has 0 fully saturated rings. The predicted octanol–water partition coefficient (Wildman–Crippen LogP) is 2.32. The van der Waals surface area contributed by atoms with Crippen LogP contribution in [0.1, 0.15) is 47.0 Å². The van der Waals surface area contributed by atoms with Crippen LogP contribution < -0.4 is 0 Å². The minimum atomic E-state index is -0.870. The van der Waals surface area contributed by atoms with Gasteiger partial charge in [-0.05, 0) is 26.2 Å². The van der Waals surface area contributed by atoms with Gasteiger partial charge in [-0.25, -0.2) is 4.79 Å². The van der Waals surface area contributed by atoms with Gasteiger partial charge in [-0.15, -0.1) is 0 Å². The highest BCUT2D eigenvalue weighted by atomic mass is 16.6. The summed E-state index contributed by atoms with van der Waals surface area (Å²) < 4.78 is 15.6. The van der Waals surface area contributed by atoms with Crippen molar-refractivity contribution in [3.63, 3.8) is 0 Å². The lowest BCUT2D eigenvalue weighted by Crippen LogP contribution is -2.39. The molecule has 0 aliphatic rings. The molecule has 0 heterocycles. The molecule has 0 aliphatic heterocycles. The predicted molar refractivity (Wildman–Crippen MR) is 71.7 cm³/mol. The molecule has 5 heteroatoms. The topological polar surface area (TPSA) is 61.8 Å². The van der Waals surface area contributed by atoms with E-state index in [9.17, 15) is 9.59 Å². The molecular weight excluding hydrogens is 248 g/mol. The molecule has 2 atom stereocenters. The van der Waals surface area contributed by atoms with Crippen molar-refractivity contribution in [3.05, 3.63) is 0 Å². The molecule has 0 saturated carbocycles. The summed E-state index contributed by atoms with van der Waals surface area (Å²) in [5, 5.41) is 0. The monoisotopic (exact) mass is 274 g/mol. The summed E-state index contributed by atoms with van der Waals surface area (Å²) in [6, 6.07) is 0. The molecule has 0 bridgehead atoms. The number of hydrogen-bond acceptors (Lipinski definition) is 5. The number of ether oxygens (including phenoxy) is 3. The summed E-state index contributed by atoms with van der Waals surface area (Å²) in [6.07, 6.45) is 1.10. The fourth-order valence-electron chi connectivity index (χ4n) is 1.63. The van der Waals surface area contributed by atoms with E-state index in [1.165, 1.54) is 0 Å². The van der Waals surface area contributed by atoms with E-state index in [0.717, 1.165) is 12.8 Å². The van der Waals surface area contributed by atoms with Gasteiger partial charge < -0.3 is 14.2 Å². The zero-order valence-electron chi connectivity index (χ0n) is 12.4. The van der Waals surface area contributed by atoms with Crippen LogP contribution in [0.5, 0.6) is 0 Å². The Kier molecular flexibility index (Phi) is 10.2. The Labute approximate surface area is 115 Å². The van der Waals surface area contributed by atoms with Crippen molar-refractivity contribution in [2.45, 2.75) is 53.1 Å². The Balaban J connectivity index is 4.68. The SMILES string of the molecule is CCCOC(=O)C(CC)C(OCC)C(=O)OCCC. The number of rotatable bonds is 10. The van der Waals surface area contributed by atoms with Gasteiger partial charge in [-0.2, -0.15) is 0 Å². The van der Waals surface area contributed by atoms with Gasteiger partial charge in [0, 0.05) is 6.61 Å². The Morgan fingerprint density at radius 1 is 0.895 bits per heavy atom. The second kappa shape index (κ2) is 10.8. The third kappa shape index (κ3) is 6.57. The first kappa shape index (κ1) is 17.9. The first-order valence-electron chi connectivity index (χ1n) is 7.07. The summed E-state index contributed by atoms with van der Waals surface area (Å²) in [5.74, 6) is -1.48. The molecule has 0 aliphatic carbocycles. The van der Waals surface area contributed by atoms with Crippen LogP contribution in [0.4, 0.5) is 0 Å². The van der Waals surface area contributed by atoms with E-state index in [1.54, 1.807) is 6.92 Å². The van der Waals surface area contributed by atoms with E-state index in [4.69, 9.17) is 14.2 Å². The van der Waals surface area contributed by atoms with Gasteiger partial charge in [-0.1, -0.05) is 20.8 Å². The van der Waals surface area contributed by atoms with Crippen molar-refractivity contribution in [1.82, 2.24) is 0 Å². The van der Waals surface area contributed by atoms with Crippen LogP contribution in [0.3, 0.4) is 0 Å². The zero-order valence-corrected chi connectivity index (χ0v) is 12.4. The van der Waals surface area contributed by atoms with Crippen LogP contribution >= 0.6 is 0 Å². The lowest BCUT2D eigenvalue weighted by atomic mass is 9.99. The van der Waals surface area contributed by atoms with Crippen LogP contribution in [-0.2, 0) is 23.8 Å². The molecule has 0 rings (SSSR count). The fourth-order valence-corrected chi connectivity index (χ4v) is 1.63. The Morgan fingerprint density at radius 2 is 1.42 bits per heavy atom. The van der Waals surface area contributed by atoms with Gasteiger partial charge >= 0.3 is 11.9 Å². The largest absolute Gasteiger partial charge is 0.465 e.